The maximum atomic E-state index is 12.5. The van der Waals surface area contributed by atoms with E-state index in [-0.39, 0.29) is 10.6 Å². The second-order valence-electron chi connectivity index (χ2n) is 6.15. The Labute approximate surface area is 178 Å². The van der Waals surface area contributed by atoms with E-state index in [9.17, 15) is 24.5 Å². The van der Waals surface area contributed by atoms with Gasteiger partial charge in [-0.1, -0.05) is 23.8 Å². The molecule has 0 saturated carbocycles. The van der Waals surface area contributed by atoms with Crippen LogP contribution in [0.3, 0.4) is 0 Å². The van der Waals surface area contributed by atoms with Gasteiger partial charge in [-0.25, -0.2) is 0 Å². The van der Waals surface area contributed by atoms with Crippen LogP contribution in [0.5, 0.6) is 0 Å². The van der Waals surface area contributed by atoms with Gasteiger partial charge >= 0.3 is 0 Å². The first-order valence-corrected chi connectivity index (χ1v) is 9.91. The zero-order valence-electron chi connectivity index (χ0n) is 15.0. The molecule has 0 aliphatic carbocycles. The van der Waals surface area contributed by atoms with Crippen LogP contribution in [0, 0.1) is 17.0 Å². The number of carbonyl (C=O) groups excluding carboxylic acids is 3. The number of nitrogens with one attached hydrogen (secondary N) is 1. The van der Waals surface area contributed by atoms with Gasteiger partial charge < -0.3 is 5.32 Å². The number of imide groups is 1. The van der Waals surface area contributed by atoms with Crippen LogP contribution < -0.4 is 5.32 Å². The van der Waals surface area contributed by atoms with E-state index in [1.54, 1.807) is 18.2 Å². The van der Waals surface area contributed by atoms with Crippen molar-refractivity contribution in [3.63, 3.8) is 0 Å². The monoisotopic (exact) mass is 475 g/mol. The smallest absolute Gasteiger partial charge is 0.294 e. The average Bonchev–Trinajstić information content (AvgIpc) is 2.92. The van der Waals surface area contributed by atoms with Gasteiger partial charge in [0.1, 0.15) is 6.54 Å². The molecule has 148 valence electrons. The fourth-order valence-corrected chi connectivity index (χ4v) is 3.76. The molecule has 10 heteroatoms. The number of nitro benzene ring substituents is 1. The number of carbonyl (C=O) groups is 3. The highest BCUT2D eigenvalue weighted by molar-refractivity contribution is 9.10. The van der Waals surface area contributed by atoms with E-state index in [0.717, 1.165) is 10.5 Å². The van der Waals surface area contributed by atoms with Gasteiger partial charge in [0.15, 0.2) is 0 Å². The molecule has 1 fully saturated rings. The van der Waals surface area contributed by atoms with E-state index < -0.39 is 28.5 Å². The Morgan fingerprint density at radius 1 is 1.24 bits per heavy atom. The molecule has 0 bridgehead atoms. The summed E-state index contributed by atoms with van der Waals surface area (Å²) in [4.78, 5) is 48.3. The lowest BCUT2D eigenvalue weighted by molar-refractivity contribution is -0.385. The van der Waals surface area contributed by atoms with Crippen LogP contribution in [-0.4, -0.2) is 33.4 Å². The second kappa shape index (κ2) is 8.58. The topological polar surface area (TPSA) is 110 Å². The van der Waals surface area contributed by atoms with Crippen molar-refractivity contribution < 1.29 is 19.3 Å². The van der Waals surface area contributed by atoms with Gasteiger partial charge in [0.25, 0.3) is 16.8 Å². The number of halogens is 1. The molecule has 2 aromatic carbocycles. The minimum Gasteiger partial charge on any atom is -0.325 e. The van der Waals surface area contributed by atoms with Crippen LogP contribution >= 0.6 is 27.7 Å². The fourth-order valence-electron chi connectivity index (χ4n) is 2.53. The van der Waals surface area contributed by atoms with Gasteiger partial charge in [0, 0.05) is 11.8 Å². The molecule has 1 N–H and O–H groups in total. The number of nitro groups is 1. The third-order valence-corrected chi connectivity index (χ3v) is 5.55. The number of nitrogens with zero attached hydrogens (tertiary/aromatic N) is 2. The minimum absolute atomic E-state index is 0.0924. The summed E-state index contributed by atoms with van der Waals surface area (Å²) in [5.41, 5.74) is 1.84. The summed E-state index contributed by atoms with van der Waals surface area (Å²) in [6, 6.07) is 11.5. The summed E-state index contributed by atoms with van der Waals surface area (Å²) in [5, 5.41) is 13.1. The van der Waals surface area contributed by atoms with Crippen molar-refractivity contribution in [1.29, 1.82) is 0 Å². The van der Waals surface area contributed by atoms with Crippen molar-refractivity contribution >= 4 is 62.2 Å². The molecule has 0 unspecified atom stereocenters. The van der Waals surface area contributed by atoms with E-state index in [1.807, 2.05) is 19.1 Å². The van der Waals surface area contributed by atoms with Gasteiger partial charge in [0.2, 0.25) is 5.91 Å². The molecule has 29 heavy (non-hydrogen) atoms. The first-order chi connectivity index (χ1) is 13.7. The van der Waals surface area contributed by atoms with E-state index in [4.69, 9.17) is 0 Å². The summed E-state index contributed by atoms with van der Waals surface area (Å²) < 4.78 is 0.306. The zero-order chi connectivity index (χ0) is 21.1. The molecule has 0 atom stereocenters. The molecule has 1 heterocycles. The Morgan fingerprint density at radius 2 is 1.93 bits per heavy atom. The summed E-state index contributed by atoms with van der Waals surface area (Å²) >= 11 is 3.77. The van der Waals surface area contributed by atoms with Crippen LogP contribution in [0.1, 0.15) is 11.1 Å². The molecule has 0 spiro atoms. The molecule has 3 rings (SSSR count). The van der Waals surface area contributed by atoms with Crippen molar-refractivity contribution in [1.82, 2.24) is 4.90 Å². The second-order valence-corrected chi connectivity index (χ2v) is 8.00. The number of thioether (sulfide) groups is 1. The Kier molecular flexibility index (Phi) is 6.14. The van der Waals surface area contributed by atoms with E-state index >= 15 is 0 Å². The Morgan fingerprint density at radius 3 is 2.59 bits per heavy atom. The summed E-state index contributed by atoms with van der Waals surface area (Å²) in [6.45, 7) is 1.49. The normalized spacial score (nSPS) is 15.1. The predicted octanol–water partition coefficient (Wildman–Crippen LogP) is 4.34. The lowest BCUT2D eigenvalue weighted by atomic mass is 10.2. The maximum absolute atomic E-state index is 12.5. The predicted molar refractivity (Wildman–Crippen MR) is 113 cm³/mol. The lowest BCUT2D eigenvalue weighted by Crippen LogP contribution is -2.36. The molecule has 1 aliphatic rings. The standard InChI is InChI=1S/C19H14BrN3O5S/c1-11-2-5-13(6-3-11)21-17(24)10-22-18(25)16(29-19(22)26)9-12-4-7-14(20)15(8-12)23(27)28/h2-9H,10H2,1H3,(H,21,24)/b16-9-. The van der Waals surface area contributed by atoms with Crippen molar-refractivity contribution in [3.8, 4) is 0 Å². The number of hydrogen-bond acceptors (Lipinski definition) is 6. The van der Waals surface area contributed by atoms with Crippen molar-refractivity contribution in [2.24, 2.45) is 0 Å². The minimum atomic E-state index is -0.621. The van der Waals surface area contributed by atoms with Gasteiger partial charge in [0.05, 0.1) is 14.3 Å². The zero-order valence-corrected chi connectivity index (χ0v) is 17.5. The molecule has 0 radical (unpaired) electrons. The molecule has 0 aromatic heterocycles. The lowest BCUT2D eigenvalue weighted by Gasteiger charge is -2.12. The highest BCUT2D eigenvalue weighted by atomic mass is 79.9. The van der Waals surface area contributed by atoms with Gasteiger partial charge in [-0.15, -0.1) is 0 Å². The highest BCUT2D eigenvalue weighted by Crippen LogP contribution is 2.33. The van der Waals surface area contributed by atoms with E-state index in [2.05, 4.69) is 21.2 Å². The number of rotatable bonds is 5. The SMILES string of the molecule is Cc1ccc(NC(=O)CN2C(=O)S/C(=C\c3ccc(Br)c([N+](=O)[O-])c3)C2=O)cc1. The van der Waals surface area contributed by atoms with Gasteiger partial charge in [-0.05, 0) is 64.5 Å². The van der Waals surface area contributed by atoms with Crippen molar-refractivity contribution in [2.75, 3.05) is 11.9 Å². The number of anilines is 1. The van der Waals surface area contributed by atoms with E-state index in [0.29, 0.717) is 27.5 Å². The molecular formula is C19H14BrN3O5S. The van der Waals surface area contributed by atoms with Gasteiger partial charge in [-0.2, -0.15) is 0 Å². The number of amides is 3. The quantitative estimate of drug-likeness (QED) is 0.391. The van der Waals surface area contributed by atoms with Gasteiger partial charge in [-0.3, -0.25) is 29.4 Å². The third-order valence-electron chi connectivity index (χ3n) is 3.98. The Bertz CT molecular complexity index is 1050. The molecular weight excluding hydrogens is 462 g/mol. The molecule has 1 saturated heterocycles. The molecule has 2 aromatic rings. The van der Waals surface area contributed by atoms with Crippen LogP contribution in [0.4, 0.5) is 16.2 Å². The molecule has 1 aliphatic heterocycles. The Hall–Kier alpha value is -2.98. The van der Waals surface area contributed by atoms with Crippen LogP contribution in [0.25, 0.3) is 6.08 Å². The number of aryl methyl sites for hydroxylation is 1. The average molecular weight is 476 g/mol. The fraction of sp³-hybridized carbons (Fsp3) is 0.105. The number of benzene rings is 2. The van der Waals surface area contributed by atoms with Crippen LogP contribution in [-0.2, 0) is 9.59 Å². The largest absolute Gasteiger partial charge is 0.325 e. The van der Waals surface area contributed by atoms with Crippen molar-refractivity contribution in [2.45, 2.75) is 6.92 Å². The van der Waals surface area contributed by atoms with Crippen LogP contribution in [0.15, 0.2) is 51.8 Å². The maximum Gasteiger partial charge on any atom is 0.294 e. The first-order valence-electron chi connectivity index (χ1n) is 8.30. The molecule has 3 amide bonds. The highest BCUT2D eigenvalue weighted by Gasteiger charge is 2.36. The Balaban J connectivity index is 1.73. The summed E-state index contributed by atoms with van der Waals surface area (Å²) in [7, 11) is 0. The van der Waals surface area contributed by atoms with E-state index in [1.165, 1.54) is 18.2 Å². The number of hydrogen-bond donors (Lipinski definition) is 1. The van der Waals surface area contributed by atoms with Crippen LogP contribution in [0.2, 0.25) is 0 Å². The van der Waals surface area contributed by atoms with Crippen molar-refractivity contribution in [3.05, 3.63) is 73.1 Å². The summed E-state index contributed by atoms with van der Waals surface area (Å²) in [5.74, 6) is -1.12. The summed E-state index contributed by atoms with van der Waals surface area (Å²) in [6.07, 6.45) is 1.39. The first kappa shape index (κ1) is 20.7. The third kappa shape index (κ3) is 4.90. The molecule has 8 nitrogen and oxygen atoms in total.